The highest BCUT2D eigenvalue weighted by Gasteiger charge is 2.31. The number of aromatic nitrogens is 1. The fourth-order valence-corrected chi connectivity index (χ4v) is 4.96. The summed E-state index contributed by atoms with van der Waals surface area (Å²) < 4.78 is 13.1. The second-order valence-corrected chi connectivity index (χ2v) is 8.28. The predicted octanol–water partition coefficient (Wildman–Crippen LogP) is 4.13. The third-order valence-corrected chi connectivity index (χ3v) is 6.44. The lowest BCUT2D eigenvalue weighted by molar-refractivity contribution is 0.00994. The van der Waals surface area contributed by atoms with Crippen LogP contribution in [0, 0.1) is 5.82 Å². The number of aliphatic hydroxyl groups excluding tert-OH is 1. The van der Waals surface area contributed by atoms with Crippen molar-refractivity contribution in [2.24, 2.45) is 0 Å². The zero-order chi connectivity index (χ0) is 17.9. The molecule has 2 aliphatic rings. The molecule has 2 aromatic rings. The molecule has 1 aliphatic carbocycles. The van der Waals surface area contributed by atoms with Crippen LogP contribution in [0.3, 0.4) is 0 Å². The first kappa shape index (κ1) is 17.9. The quantitative estimate of drug-likeness (QED) is 0.844. The fourth-order valence-electron chi connectivity index (χ4n) is 4.16. The minimum atomic E-state index is -0.225. The molecule has 4 rings (SSSR count). The van der Waals surface area contributed by atoms with Gasteiger partial charge in [0.25, 0.3) is 0 Å². The van der Waals surface area contributed by atoms with Gasteiger partial charge in [0.2, 0.25) is 0 Å². The maximum atomic E-state index is 13.1. The Hall–Kier alpha value is -1.50. The zero-order valence-electron chi connectivity index (χ0n) is 14.9. The van der Waals surface area contributed by atoms with Crippen LogP contribution in [-0.2, 0) is 0 Å². The number of thiazole rings is 1. The van der Waals surface area contributed by atoms with E-state index in [0.29, 0.717) is 12.1 Å². The van der Waals surface area contributed by atoms with Gasteiger partial charge in [-0.1, -0.05) is 12.8 Å². The molecular weight excluding hydrogens is 349 g/mol. The van der Waals surface area contributed by atoms with Gasteiger partial charge in [0.15, 0.2) is 5.13 Å². The molecule has 0 amide bonds. The van der Waals surface area contributed by atoms with Gasteiger partial charge in [-0.15, -0.1) is 11.3 Å². The summed E-state index contributed by atoms with van der Waals surface area (Å²) in [6.07, 6.45) is 6.50. The highest BCUT2D eigenvalue weighted by molar-refractivity contribution is 7.14. The Morgan fingerprint density at radius 3 is 2.54 bits per heavy atom. The molecule has 2 atom stereocenters. The van der Waals surface area contributed by atoms with Crippen molar-refractivity contribution >= 4 is 16.5 Å². The summed E-state index contributed by atoms with van der Waals surface area (Å²) in [7, 11) is 0. The summed E-state index contributed by atoms with van der Waals surface area (Å²) in [6, 6.07) is 7.26. The molecule has 2 fully saturated rings. The van der Waals surface area contributed by atoms with Crippen molar-refractivity contribution in [1.82, 2.24) is 9.88 Å². The second-order valence-electron chi connectivity index (χ2n) is 7.42. The minimum absolute atomic E-state index is 0.148. The normalized spacial score (nSPS) is 25.3. The molecular formula is C20H26FN3OS. The second kappa shape index (κ2) is 8.03. The number of benzene rings is 1. The van der Waals surface area contributed by atoms with Gasteiger partial charge in [0, 0.05) is 36.1 Å². The van der Waals surface area contributed by atoms with E-state index in [1.165, 1.54) is 18.6 Å². The molecule has 1 aliphatic heterocycles. The van der Waals surface area contributed by atoms with Crippen molar-refractivity contribution < 1.29 is 9.50 Å². The van der Waals surface area contributed by atoms with E-state index in [0.717, 1.165) is 61.6 Å². The van der Waals surface area contributed by atoms with Gasteiger partial charge in [-0.05, 0) is 49.9 Å². The lowest BCUT2D eigenvalue weighted by Gasteiger charge is -2.41. The Labute approximate surface area is 158 Å². The molecule has 140 valence electrons. The molecule has 1 aromatic carbocycles. The Morgan fingerprint density at radius 2 is 1.81 bits per heavy atom. The lowest BCUT2D eigenvalue weighted by Crippen LogP contribution is -2.50. The first-order valence-corrected chi connectivity index (χ1v) is 10.5. The van der Waals surface area contributed by atoms with Gasteiger partial charge in [0.05, 0.1) is 11.8 Å². The number of hydrogen-bond donors (Lipinski definition) is 2. The van der Waals surface area contributed by atoms with Crippen molar-refractivity contribution in [3.63, 3.8) is 0 Å². The van der Waals surface area contributed by atoms with Crippen LogP contribution in [-0.4, -0.2) is 46.3 Å². The number of likely N-dealkylation sites (tertiary alicyclic amines) is 1. The number of hydrogen-bond acceptors (Lipinski definition) is 5. The monoisotopic (exact) mass is 375 g/mol. The van der Waals surface area contributed by atoms with E-state index in [1.54, 1.807) is 23.5 Å². The summed E-state index contributed by atoms with van der Waals surface area (Å²) >= 11 is 1.60. The predicted molar refractivity (Wildman–Crippen MR) is 104 cm³/mol. The summed E-state index contributed by atoms with van der Waals surface area (Å²) in [5.41, 5.74) is 1.83. The zero-order valence-corrected chi connectivity index (χ0v) is 15.7. The molecule has 2 N–H and O–H groups in total. The Bertz CT molecular complexity index is 712. The van der Waals surface area contributed by atoms with E-state index in [9.17, 15) is 9.50 Å². The van der Waals surface area contributed by atoms with Gasteiger partial charge in [-0.2, -0.15) is 0 Å². The highest BCUT2D eigenvalue weighted by Crippen LogP contribution is 2.29. The van der Waals surface area contributed by atoms with Gasteiger partial charge in [-0.25, -0.2) is 9.37 Å². The van der Waals surface area contributed by atoms with Crippen molar-refractivity contribution in [3.05, 3.63) is 35.5 Å². The van der Waals surface area contributed by atoms with Gasteiger partial charge < -0.3 is 10.4 Å². The van der Waals surface area contributed by atoms with Gasteiger partial charge in [0.1, 0.15) is 5.82 Å². The molecule has 0 radical (unpaired) electrons. The average Bonchev–Trinajstić information content (AvgIpc) is 3.12. The average molecular weight is 376 g/mol. The number of piperidine rings is 1. The summed E-state index contributed by atoms with van der Waals surface area (Å²) in [5.74, 6) is -0.225. The number of aliphatic hydroxyl groups is 1. The first-order valence-electron chi connectivity index (χ1n) is 9.59. The van der Waals surface area contributed by atoms with E-state index in [1.807, 2.05) is 5.38 Å². The van der Waals surface area contributed by atoms with Gasteiger partial charge >= 0.3 is 0 Å². The summed E-state index contributed by atoms with van der Waals surface area (Å²) in [6.45, 7) is 2.07. The van der Waals surface area contributed by atoms with E-state index >= 15 is 0 Å². The molecule has 1 aromatic heterocycles. The number of halogens is 1. The van der Waals surface area contributed by atoms with Crippen LogP contribution in [0.1, 0.15) is 38.5 Å². The largest absolute Gasteiger partial charge is 0.391 e. The van der Waals surface area contributed by atoms with Crippen LogP contribution in [0.25, 0.3) is 11.3 Å². The van der Waals surface area contributed by atoms with Crippen LogP contribution in [0.2, 0.25) is 0 Å². The molecule has 0 spiro atoms. The summed E-state index contributed by atoms with van der Waals surface area (Å²) in [4.78, 5) is 7.14. The lowest BCUT2D eigenvalue weighted by atomic mass is 9.89. The topological polar surface area (TPSA) is 48.4 Å². The third-order valence-electron chi connectivity index (χ3n) is 5.66. The number of anilines is 1. The van der Waals surface area contributed by atoms with Crippen LogP contribution in [0.15, 0.2) is 29.6 Å². The smallest absolute Gasteiger partial charge is 0.183 e. The van der Waals surface area contributed by atoms with Crippen LogP contribution >= 0.6 is 11.3 Å². The molecule has 1 saturated carbocycles. The SMILES string of the molecule is OC1CCCCC1N1CCC(Nc2nc(-c3ccc(F)cc3)cs2)CC1. The molecule has 6 heteroatoms. The third kappa shape index (κ3) is 4.08. The summed E-state index contributed by atoms with van der Waals surface area (Å²) in [5, 5.41) is 16.8. The Balaban J connectivity index is 1.31. The van der Waals surface area contributed by atoms with E-state index in [4.69, 9.17) is 0 Å². The molecule has 4 nitrogen and oxygen atoms in total. The molecule has 26 heavy (non-hydrogen) atoms. The number of nitrogens with one attached hydrogen (secondary N) is 1. The maximum absolute atomic E-state index is 13.1. The highest BCUT2D eigenvalue weighted by atomic mass is 32.1. The van der Waals surface area contributed by atoms with Crippen LogP contribution < -0.4 is 5.32 Å². The van der Waals surface area contributed by atoms with Crippen LogP contribution in [0.5, 0.6) is 0 Å². The Morgan fingerprint density at radius 1 is 1.08 bits per heavy atom. The Kier molecular flexibility index (Phi) is 5.52. The van der Waals surface area contributed by atoms with Crippen molar-refractivity contribution in [1.29, 1.82) is 0 Å². The molecule has 2 heterocycles. The van der Waals surface area contributed by atoms with E-state index in [2.05, 4.69) is 15.2 Å². The number of nitrogens with zero attached hydrogens (tertiary/aromatic N) is 2. The fraction of sp³-hybridized carbons (Fsp3) is 0.550. The molecule has 2 unspecified atom stereocenters. The molecule has 1 saturated heterocycles. The minimum Gasteiger partial charge on any atom is -0.391 e. The van der Waals surface area contributed by atoms with Crippen molar-refractivity contribution in [3.8, 4) is 11.3 Å². The molecule has 0 bridgehead atoms. The maximum Gasteiger partial charge on any atom is 0.183 e. The van der Waals surface area contributed by atoms with Crippen LogP contribution in [0.4, 0.5) is 9.52 Å². The number of rotatable bonds is 4. The first-order chi connectivity index (χ1) is 12.7. The standard InChI is InChI=1S/C20H26FN3OS/c21-15-7-5-14(6-8-15)17-13-26-20(23-17)22-16-9-11-24(12-10-16)18-3-1-2-4-19(18)25/h5-8,13,16,18-19,25H,1-4,9-12H2,(H,22,23). The van der Waals surface area contributed by atoms with Crippen molar-refractivity contribution in [2.75, 3.05) is 18.4 Å². The van der Waals surface area contributed by atoms with Crippen molar-refractivity contribution in [2.45, 2.75) is 56.7 Å². The van der Waals surface area contributed by atoms with E-state index in [-0.39, 0.29) is 11.9 Å². The van der Waals surface area contributed by atoms with Gasteiger partial charge in [-0.3, -0.25) is 4.90 Å². The van der Waals surface area contributed by atoms with E-state index < -0.39 is 0 Å².